The molecule has 1 unspecified atom stereocenters. The Morgan fingerprint density at radius 3 is 2.79 bits per heavy atom. The van der Waals surface area contributed by atoms with Crippen molar-refractivity contribution >= 4 is 35.3 Å². The number of hydrogen-bond acceptors (Lipinski definition) is 6. The highest BCUT2D eigenvalue weighted by atomic mass is 35.5. The van der Waals surface area contributed by atoms with E-state index >= 15 is 0 Å². The summed E-state index contributed by atoms with van der Waals surface area (Å²) in [6, 6.07) is 1.86. The van der Waals surface area contributed by atoms with Crippen molar-refractivity contribution in [1.82, 2.24) is 14.9 Å². The monoisotopic (exact) mass is 372 g/mol. The molecule has 0 bridgehead atoms. The summed E-state index contributed by atoms with van der Waals surface area (Å²) in [7, 11) is 1.79. The summed E-state index contributed by atoms with van der Waals surface area (Å²) in [6.45, 7) is 7.22. The van der Waals surface area contributed by atoms with Crippen LogP contribution in [0.3, 0.4) is 0 Å². The summed E-state index contributed by atoms with van der Waals surface area (Å²) < 4.78 is 5.47. The van der Waals surface area contributed by atoms with E-state index in [2.05, 4.69) is 14.9 Å². The number of rotatable bonds is 3. The molecule has 1 aliphatic rings. The third-order valence-electron chi connectivity index (χ3n) is 3.79. The average Bonchev–Trinajstić information content (AvgIpc) is 2.52. The van der Waals surface area contributed by atoms with Crippen molar-refractivity contribution in [3.8, 4) is 0 Å². The molecule has 8 heteroatoms. The van der Waals surface area contributed by atoms with Crippen LogP contribution >= 0.6 is 23.4 Å². The van der Waals surface area contributed by atoms with E-state index in [-0.39, 0.29) is 12.1 Å². The number of halogens is 1. The maximum atomic E-state index is 12.3. The number of likely N-dealkylation sites (N-methyl/N-ethyl adjacent to an activating group) is 1. The average molecular weight is 373 g/mol. The van der Waals surface area contributed by atoms with E-state index in [0.717, 1.165) is 25.2 Å². The Morgan fingerprint density at radius 1 is 1.46 bits per heavy atom. The number of thioether (sulfide) groups is 1. The molecule has 6 nitrogen and oxygen atoms in total. The van der Waals surface area contributed by atoms with Crippen molar-refractivity contribution in [3.63, 3.8) is 0 Å². The smallest absolute Gasteiger partial charge is 0.410 e. The zero-order valence-electron chi connectivity index (χ0n) is 14.9. The first kappa shape index (κ1) is 19.1. The van der Waals surface area contributed by atoms with Crippen molar-refractivity contribution in [2.24, 2.45) is 0 Å². The van der Waals surface area contributed by atoms with E-state index in [1.54, 1.807) is 18.0 Å². The van der Waals surface area contributed by atoms with E-state index in [0.29, 0.717) is 16.9 Å². The Hall–Kier alpha value is -1.21. The van der Waals surface area contributed by atoms with Gasteiger partial charge in [-0.15, -0.1) is 0 Å². The molecule has 1 aromatic rings. The van der Waals surface area contributed by atoms with Gasteiger partial charge in [0.15, 0.2) is 5.16 Å². The molecule has 24 heavy (non-hydrogen) atoms. The van der Waals surface area contributed by atoms with Gasteiger partial charge in [0.1, 0.15) is 16.6 Å². The van der Waals surface area contributed by atoms with Crippen LogP contribution in [0.5, 0.6) is 0 Å². The van der Waals surface area contributed by atoms with E-state index in [1.165, 1.54) is 11.8 Å². The quantitative estimate of drug-likeness (QED) is 0.458. The van der Waals surface area contributed by atoms with Gasteiger partial charge in [-0.2, -0.15) is 0 Å². The maximum absolute atomic E-state index is 12.3. The van der Waals surface area contributed by atoms with Gasteiger partial charge in [0.25, 0.3) is 0 Å². The second kappa shape index (κ2) is 7.78. The number of carbonyl (C=O) groups is 1. The molecule has 0 aliphatic carbocycles. The van der Waals surface area contributed by atoms with E-state index < -0.39 is 5.60 Å². The predicted molar refractivity (Wildman–Crippen MR) is 98.1 cm³/mol. The summed E-state index contributed by atoms with van der Waals surface area (Å²) in [5.41, 5.74) is -0.493. The van der Waals surface area contributed by atoms with Crippen LogP contribution in [0.2, 0.25) is 5.15 Å². The molecule has 0 spiro atoms. The Balaban J connectivity index is 2.09. The van der Waals surface area contributed by atoms with Crippen LogP contribution in [0.25, 0.3) is 0 Å². The topological polar surface area (TPSA) is 58.6 Å². The van der Waals surface area contributed by atoms with Gasteiger partial charge in [-0.05, 0) is 39.9 Å². The van der Waals surface area contributed by atoms with Gasteiger partial charge in [0, 0.05) is 26.2 Å². The van der Waals surface area contributed by atoms with Crippen LogP contribution in [0.15, 0.2) is 11.2 Å². The second-order valence-corrected chi connectivity index (χ2v) is 8.03. The largest absolute Gasteiger partial charge is 0.444 e. The van der Waals surface area contributed by atoms with Crippen molar-refractivity contribution in [3.05, 3.63) is 11.2 Å². The van der Waals surface area contributed by atoms with Crippen molar-refractivity contribution in [2.45, 2.75) is 50.4 Å². The highest BCUT2D eigenvalue weighted by Crippen LogP contribution is 2.25. The highest BCUT2D eigenvalue weighted by molar-refractivity contribution is 7.98. The van der Waals surface area contributed by atoms with Gasteiger partial charge >= 0.3 is 6.09 Å². The van der Waals surface area contributed by atoms with Gasteiger partial charge in [-0.3, -0.25) is 0 Å². The molecule has 0 radical (unpaired) electrons. The molecule has 134 valence electrons. The van der Waals surface area contributed by atoms with Crippen LogP contribution in [-0.2, 0) is 4.74 Å². The normalized spacial score (nSPS) is 18.4. The zero-order chi connectivity index (χ0) is 17.9. The predicted octanol–water partition coefficient (Wildman–Crippen LogP) is 3.69. The second-order valence-electron chi connectivity index (χ2n) is 6.87. The molecule has 2 heterocycles. The van der Waals surface area contributed by atoms with Gasteiger partial charge in [0.05, 0.1) is 6.04 Å². The lowest BCUT2D eigenvalue weighted by molar-refractivity contribution is 0.0209. The fraction of sp³-hybridized carbons (Fsp3) is 0.688. The molecular weight excluding hydrogens is 348 g/mol. The minimum atomic E-state index is -0.493. The Bertz CT molecular complexity index is 594. The molecule has 0 saturated carbocycles. The Kier molecular flexibility index (Phi) is 6.20. The highest BCUT2D eigenvalue weighted by Gasteiger charge is 2.29. The Labute approximate surface area is 152 Å². The van der Waals surface area contributed by atoms with Crippen molar-refractivity contribution < 1.29 is 9.53 Å². The number of anilines is 1. The van der Waals surface area contributed by atoms with Gasteiger partial charge < -0.3 is 14.5 Å². The maximum Gasteiger partial charge on any atom is 0.410 e. The van der Waals surface area contributed by atoms with Crippen molar-refractivity contribution in [1.29, 1.82) is 0 Å². The lowest BCUT2D eigenvalue weighted by Crippen LogP contribution is -2.50. The number of hydrogen-bond donors (Lipinski definition) is 0. The molecule has 0 aromatic carbocycles. The standard InChI is InChI=1S/C16H25ClN4O2S/c1-16(2,3)23-15(22)20(4)11-7-6-8-21(10-11)13-9-12(17)18-14(19-13)24-5/h9,11H,6-8,10H2,1-5H3. The lowest BCUT2D eigenvalue weighted by Gasteiger charge is -2.38. The molecular formula is C16H25ClN4O2S. The number of ether oxygens (including phenoxy) is 1. The summed E-state index contributed by atoms with van der Waals surface area (Å²) in [6.07, 6.45) is 3.55. The minimum Gasteiger partial charge on any atom is -0.444 e. The lowest BCUT2D eigenvalue weighted by atomic mass is 10.0. The molecule has 1 amide bonds. The molecule has 1 aromatic heterocycles. The number of nitrogens with zero attached hydrogens (tertiary/aromatic N) is 4. The zero-order valence-corrected chi connectivity index (χ0v) is 16.4. The fourth-order valence-electron chi connectivity index (χ4n) is 2.60. The van der Waals surface area contributed by atoms with Crippen LogP contribution in [0, 0.1) is 0 Å². The van der Waals surface area contributed by atoms with Crippen LogP contribution in [0.1, 0.15) is 33.6 Å². The first-order chi connectivity index (χ1) is 11.2. The van der Waals surface area contributed by atoms with E-state index in [1.807, 2.05) is 27.0 Å². The summed E-state index contributed by atoms with van der Waals surface area (Å²) in [5.74, 6) is 0.807. The van der Waals surface area contributed by atoms with E-state index in [4.69, 9.17) is 16.3 Å². The SMILES string of the molecule is CSc1nc(Cl)cc(N2CCCC(N(C)C(=O)OC(C)(C)C)C2)n1. The summed E-state index contributed by atoms with van der Waals surface area (Å²) in [5, 5.41) is 1.09. The summed E-state index contributed by atoms with van der Waals surface area (Å²) in [4.78, 5) is 24.8. The summed E-state index contributed by atoms with van der Waals surface area (Å²) >= 11 is 7.56. The van der Waals surface area contributed by atoms with Crippen LogP contribution in [0.4, 0.5) is 10.6 Å². The molecule has 0 N–H and O–H groups in total. The van der Waals surface area contributed by atoms with Crippen molar-refractivity contribution in [2.75, 3.05) is 31.3 Å². The molecule has 1 atom stereocenters. The third kappa shape index (κ3) is 5.14. The van der Waals surface area contributed by atoms with Crippen LogP contribution < -0.4 is 4.90 Å². The number of carbonyl (C=O) groups excluding carboxylic acids is 1. The molecule has 1 aliphatic heterocycles. The first-order valence-corrected chi connectivity index (χ1v) is 9.59. The number of aromatic nitrogens is 2. The Morgan fingerprint density at radius 2 is 2.17 bits per heavy atom. The molecule has 1 saturated heterocycles. The third-order valence-corrected chi connectivity index (χ3v) is 4.53. The van der Waals surface area contributed by atoms with E-state index in [9.17, 15) is 4.79 Å². The molecule has 1 fully saturated rings. The number of amides is 1. The van der Waals surface area contributed by atoms with Gasteiger partial charge in [0.2, 0.25) is 0 Å². The fourth-order valence-corrected chi connectivity index (χ4v) is 3.20. The van der Waals surface area contributed by atoms with Crippen LogP contribution in [-0.4, -0.2) is 59.0 Å². The molecule has 2 rings (SSSR count). The minimum absolute atomic E-state index is 0.0834. The number of piperidine rings is 1. The van der Waals surface area contributed by atoms with Gasteiger partial charge in [-0.1, -0.05) is 23.4 Å². The van der Waals surface area contributed by atoms with Gasteiger partial charge in [-0.25, -0.2) is 14.8 Å². The first-order valence-electron chi connectivity index (χ1n) is 7.99.